The first kappa shape index (κ1) is 11.2. The normalized spacial score (nSPS) is 32.8. The molecule has 0 bridgehead atoms. The first-order chi connectivity index (χ1) is 6.83. The predicted octanol–water partition coefficient (Wildman–Crippen LogP) is -3.08. The van der Waals surface area contributed by atoms with Gasteiger partial charge in [0.05, 0.1) is 26.4 Å². The van der Waals surface area contributed by atoms with E-state index in [0.717, 1.165) is 0 Å². The van der Waals surface area contributed by atoms with Crippen LogP contribution in [0.3, 0.4) is 0 Å². The Kier molecular flexibility index (Phi) is 2.48. The minimum absolute atomic E-state index is 0.0646. The first-order valence-corrected chi connectivity index (χ1v) is 4.54. The van der Waals surface area contributed by atoms with E-state index in [2.05, 4.69) is 0 Å². The quantitative estimate of drug-likeness (QED) is 0.315. The van der Waals surface area contributed by atoms with Crippen LogP contribution >= 0.6 is 0 Å². The molecule has 0 aromatic heterocycles. The highest BCUT2D eigenvalue weighted by atomic mass is 17.0. The summed E-state index contributed by atoms with van der Waals surface area (Å²) in [4.78, 5) is 0. The number of rotatable bonds is 0. The van der Waals surface area contributed by atoms with Gasteiger partial charge in [0, 0.05) is 0 Å². The molecule has 2 rings (SSSR count). The van der Waals surface area contributed by atoms with E-state index >= 15 is 0 Å². The van der Waals surface area contributed by atoms with E-state index < -0.39 is 17.5 Å². The Balaban J connectivity index is 1.95. The van der Waals surface area contributed by atoms with Gasteiger partial charge >= 0.3 is 6.16 Å². The Hall–Kier alpha value is -0.320. The van der Waals surface area contributed by atoms with Gasteiger partial charge in [-0.05, 0) is 0 Å². The summed E-state index contributed by atoms with van der Waals surface area (Å²) in [7, 11) is 0. The molecular formula is C7H16N4O4. The molecule has 2 fully saturated rings. The standard InChI is InChI=1S/C7H16N4O4/c8-5(9)1-12-7(13-2-5)14-3-6(10,11)4-15-7/h1-4,8-11H2. The van der Waals surface area contributed by atoms with Gasteiger partial charge in [-0.25, -0.2) is 0 Å². The lowest BCUT2D eigenvalue weighted by Crippen LogP contribution is -2.70. The van der Waals surface area contributed by atoms with Crippen LogP contribution in [0.1, 0.15) is 0 Å². The van der Waals surface area contributed by atoms with Crippen molar-refractivity contribution in [3.05, 3.63) is 0 Å². The van der Waals surface area contributed by atoms with Crippen molar-refractivity contribution in [2.75, 3.05) is 26.4 Å². The lowest BCUT2D eigenvalue weighted by Gasteiger charge is -2.45. The Labute approximate surface area is 86.7 Å². The molecule has 88 valence electrons. The van der Waals surface area contributed by atoms with E-state index in [4.69, 9.17) is 41.9 Å². The van der Waals surface area contributed by atoms with Gasteiger partial charge in [-0.15, -0.1) is 0 Å². The van der Waals surface area contributed by atoms with Crippen molar-refractivity contribution in [2.45, 2.75) is 17.5 Å². The summed E-state index contributed by atoms with van der Waals surface area (Å²) < 4.78 is 20.7. The van der Waals surface area contributed by atoms with E-state index in [0.29, 0.717) is 0 Å². The monoisotopic (exact) mass is 220 g/mol. The number of nitrogens with two attached hydrogens (primary N) is 4. The molecule has 0 aromatic rings. The average molecular weight is 220 g/mol. The highest BCUT2D eigenvalue weighted by Crippen LogP contribution is 2.27. The van der Waals surface area contributed by atoms with Crippen LogP contribution in [0.15, 0.2) is 0 Å². The SMILES string of the molecule is NC1(N)COC2(OC1)OCC(N)(N)CO2. The molecule has 0 saturated carbocycles. The van der Waals surface area contributed by atoms with E-state index in [1.54, 1.807) is 0 Å². The molecule has 0 unspecified atom stereocenters. The van der Waals surface area contributed by atoms with E-state index in [1.807, 2.05) is 0 Å². The zero-order valence-corrected chi connectivity index (χ0v) is 8.27. The molecule has 1 spiro atoms. The molecule has 0 aliphatic carbocycles. The summed E-state index contributed by atoms with van der Waals surface area (Å²) in [5.74, 6) is 0. The maximum absolute atomic E-state index is 5.59. The Morgan fingerprint density at radius 3 is 1.13 bits per heavy atom. The van der Waals surface area contributed by atoms with Gasteiger partial charge in [-0.3, -0.25) is 18.9 Å². The fraction of sp³-hybridized carbons (Fsp3) is 1.00. The molecule has 15 heavy (non-hydrogen) atoms. The third-order valence-corrected chi connectivity index (χ3v) is 2.07. The molecule has 0 aromatic carbocycles. The van der Waals surface area contributed by atoms with Gasteiger partial charge in [0.25, 0.3) is 0 Å². The third kappa shape index (κ3) is 2.44. The van der Waals surface area contributed by atoms with Crippen molar-refractivity contribution in [3.8, 4) is 0 Å². The van der Waals surface area contributed by atoms with E-state index in [1.165, 1.54) is 0 Å². The number of hydrogen-bond acceptors (Lipinski definition) is 8. The number of ether oxygens (including phenoxy) is 4. The van der Waals surface area contributed by atoms with Gasteiger partial charge < -0.3 is 22.9 Å². The maximum atomic E-state index is 5.59. The lowest BCUT2D eigenvalue weighted by atomic mass is 10.2. The predicted molar refractivity (Wildman–Crippen MR) is 48.8 cm³/mol. The molecule has 2 aliphatic rings. The molecule has 8 heteroatoms. The average Bonchev–Trinajstić information content (AvgIpc) is 2.15. The zero-order valence-electron chi connectivity index (χ0n) is 8.27. The second kappa shape index (κ2) is 3.34. The highest BCUT2D eigenvalue weighted by Gasteiger charge is 2.49. The molecule has 8 N–H and O–H groups in total. The summed E-state index contributed by atoms with van der Waals surface area (Å²) in [6.45, 7) is 0.259. The summed E-state index contributed by atoms with van der Waals surface area (Å²) in [6.07, 6.45) is -1.55. The Bertz CT molecular complexity index is 208. The van der Waals surface area contributed by atoms with Crippen molar-refractivity contribution < 1.29 is 18.9 Å². The topological polar surface area (TPSA) is 141 Å². The zero-order chi connectivity index (χ0) is 11.2. The molecule has 2 saturated heterocycles. The van der Waals surface area contributed by atoms with Crippen molar-refractivity contribution in [1.29, 1.82) is 0 Å². The van der Waals surface area contributed by atoms with Gasteiger partial charge in [0.15, 0.2) is 0 Å². The second-order valence-electron chi connectivity index (χ2n) is 4.12. The molecule has 8 nitrogen and oxygen atoms in total. The van der Waals surface area contributed by atoms with Crippen LogP contribution < -0.4 is 22.9 Å². The Morgan fingerprint density at radius 1 is 0.600 bits per heavy atom. The van der Waals surface area contributed by atoms with Crippen molar-refractivity contribution in [2.24, 2.45) is 22.9 Å². The second-order valence-corrected chi connectivity index (χ2v) is 4.12. The van der Waals surface area contributed by atoms with Gasteiger partial charge in [0.2, 0.25) is 0 Å². The van der Waals surface area contributed by atoms with E-state index in [-0.39, 0.29) is 26.4 Å². The molecule has 0 amide bonds. The van der Waals surface area contributed by atoms with Crippen LogP contribution in [0, 0.1) is 0 Å². The fourth-order valence-corrected chi connectivity index (χ4v) is 1.22. The molecule has 2 aliphatic heterocycles. The van der Waals surface area contributed by atoms with Crippen LogP contribution in [-0.2, 0) is 18.9 Å². The number of hydrogen-bond donors (Lipinski definition) is 4. The first-order valence-electron chi connectivity index (χ1n) is 4.54. The third-order valence-electron chi connectivity index (χ3n) is 2.07. The van der Waals surface area contributed by atoms with Crippen molar-refractivity contribution in [1.82, 2.24) is 0 Å². The summed E-state index contributed by atoms with van der Waals surface area (Å²) in [6, 6.07) is 0. The molecule has 0 radical (unpaired) electrons. The largest absolute Gasteiger partial charge is 0.413 e. The maximum Gasteiger partial charge on any atom is 0.413 e. The van der Waals surface area contributed by atoms with Crippen LogP contribution in [0.25, 0.3) is 0 Å². The fourth-order valence-electron chi connectivity index (χ4n) is 1.22. The van der Waals surface area contributed by atoms with Crippen LogP contribution in [0.2, 0.25) is 0 Å². The van der Waals surface area contributed by atoms with Crippen LogP contribution in [-0.4, -0.2) is 43.9 Å². The lowest BCUT2D eigenvalue weighted by molar-refractivity contribution is -0.536. The summed E-state index contributed by atoms with van der Waals surface area (Å²) >= 11 is 0. The Morgan fingerprint density at radius 2 is 0.867 bits per heavy atom. The van der Waals surface area contributed by atoms with Gasteiger partial charge in [0.1, 0.15) is 11.3 Å². The van der Waals surface area contributed by atoms with Crippen LogP contribution in [0.4, 0.5) is 0 Å². The van der Waals surface area contributed by atoms with Crippen molar-refractivity contribution >= 4 is 0 Å². The summed E-state index contributed by atoms with van der Waals surface area (Å²) in [5, 5.41) is 0. The minimum Gasteiger partial charge on any atom is -0.310 e. The smallest absolute Gasteiger partial charge is 0.310 e. The van der Waals surface area contributed by atoms with Gasteiger partial charge in [-0.2, -0.15) is 0 Å². The molecule has 0 atom stereocenters. The molecular weight excluding hydrogens is 204 g/mol. The van der Waals surface area contributed by atoms with E-state index in [9.17, 15) is 0 Å². The van der Waals surface area contributed by atoms with Gasteiger partial charge in [-0.1, -0.05) is 0 Å². The minimum atomic E-state index is -1.55. The highest BCUT2D eigenvalue weighted by molar-refractivity contribution is 4.83. The van der Waals surface area contributed by atoms with Crippen LogP contribution in [0.5, 0.6) is 0 Å². The molecule has 2 heterocycles. The van der Waals surface area contributed by atoms with Crippen molar-refractivity contribution in [3.63, 3.8) is 0 Å². The summed E-state index contributed by atoms with van der Waals surface area (Å²) in [5.41, 5.74) is 20.3.